The van der Waals surface area contributed by atoms with Gasteiger partial charge in [0.25, 0.3) is 5.91 Å². The van der Waals surface area contributed by atoms with Crippen molar-refractivity contribution in [2.24, 2.45) is 0 Å². The first kappa shape index (κ1) is 14.2. The van der Waals surface area contributed by atoms with E-state index in [0.717, 1.165) is 30.7 Å². The summed E-state index contributed by atoms with van der Waals surface area (Å²) in [6.07, 6.45) is 3.52. The number of halogens is 1. The van der Waals surface area contributed by atoms with Crippen LogP contribution in [0, 0.1) is 0 Å². The Morgan fingerprint density at radius 1 is 1.33 bits per heavy atom. The van der Waals surface area contributed by atoms with Crippen molar-refractivity contribution in [3.63, 3.8) is 0 Å². The maximum Gasteiger partial charge on any atom is 0.258 e. The average Bonchev–Trinajstić information content (AvgIpc) is 3.15. The molecule has 0 saturated carbocycles. The maximum atomic E-state index is 12.6. The van der Waals surface area contributed by atoms with E-state index in [1.54, 1.807) is 13.2 Å². The molecule has 3 rings (SSSR count). The van der Waals surface area contributed by atoms with Crippen LogP contribution in [0.1, 0.15) is 34.8 Å². The van der Waals surface area contributed by atoms with Crippen molar-refractivity contribution in [3.8, 4) is 5.75 Å². The van der Waals surface area contributed by atoms with Gasteiger partial charge in [0.2, 0.25) is 0 Å². The second kappa shape index (κ2) is 5.93. The Morgan fingerprint density at radius 2 is 2.10 bits per heavy atom. The summed E-state index contributed by atoms with van der Waals surface area (Å²) in [4.78, 5) is 14.6. The van der Waals surface area contributed by atoms with Gasteiger partial charge in [-0.15, -0.1) is 0 Å². The van der Waals surface area contributed by atoms with Gasteiger partial charge in [0, 0.05) is 6.54 Å². The summed E-state index contributed by atoms with van der Waals surface area (Å²) in [5, 5.41) is 0. The molecule has 0 bridgehead atoms. The summed E-state index contributed by atoms with van der Waals surface area (Å²) < 4.78 is 10.8. The number of hydrogen-bond donors (Lipinski definition) is 0. The van der Waals surface area contributed by atoms with Crippen LogP contribution in [-0.2, 0) is 0 Å². The minimum atomic E-state index is 0.00828. The number of carbonyl (C=O) groups excluding carboxylic acids is 1. The van der Waals surface area contributed by atoms with Gasteiger partial charge in [-0.1, -0.05) is 12.1 Å². The predicted molar refractivity (Wildman–Crippen MR) is 82.4 cm³/mol. The van der Waals surface area contributed by atoms with Crippen molar-refractivity contribution in [1.29, 1.82) is 0 Å². The van der Waals surface area contributed by atoms with Crippen LogP contribution in [0.25, 0.3) is 0 Å². The van der Waals surface area contributed by atoms with Crippen LogP contribution in [-0.4, -0.2) is 24.5 Å². The summed E-state index contributed by atoms with van der Waals surface area (Å²) in [6.45, 7) is 0.771. The van der Waals surface area contributed by atoms with E-state index in [0.29, 0.717) is 10.2 Å². The first-order chi connectivity index (χ1) is 10.2. The number of nitrogens with zero attached hydrogens (tertiary/aromatic N) is 1. The van der Waals surface area contributed by atoms with Gasteiger partial charge < -0.3 is 14.1 Å². The van der Waals surface area contributed by atoms with Crippen molar-refractivity contribution >= 4 is 21.8 Å². The molecule has 0 aliphatic carbocycles. The van der Waals surface area contributed by atoms with Gasteiger partial charge in [0.05, 0.1) is 25.0 Å². The summed E-state index contributed by atoms with van der Waals surface area (Å²) in [5.41, 5.74) is 1.72. The molecular weight excluding hydrogens is 334 g/mol. The van der Waals surface area contributed by atoms with E-state index in [-0.39, 0.29) is 11.9 Å². The third kappa shape index (κ3) is 2.70. The normalized spacial score (nSPS) is 18.0. The molecule has 21 heavy (non-hydrogen) atoms. The Morgan fingerprint density at radius 3 is 2.71 bits per heavy atom. The molecular formula is C16H16BrNO3. The van der Waals surface area contributed by atoms with Crippen LogP contribution < -0.4 is 4.74 Å². The van der Waals surface area contributed by atoms with Gasteiger partial charge in [0.15, 0.2) is 4.67 Å². The number of likely N-dealkylation sites (tertiary alicyclic amines) is 1. The Kier molecular flexibility index (Phi) is 4.01. The molecule has 1 saturated heterocycles. The molecule has 2 heterocycles. The molecule has 1 aromatic carbocycles. The van der Waals surface area contributed by atoms with Gasteiger partial charge in [-0.25, -0.2) is 0 Å². The number of ether oxygens (including phenoxy) is 1. The third-order valence-corrected chi connectivity index (χ3v) is 4.48. The third-order valence-electron chi connectivity index (χ3n) is 3.86. The number of methoxy groups -OCH3 is 1. The summed E-state index contributed by atoms with van der Waals surface area (Å²) in [5.74, 6) is 0.834. The van der Waals surface area contributed by atoms with Crippen LogP contribution in [0.3, 0.4) is 0 Å². The average molecular weight is 350 g/mol. The molecule has 5 heteroatoms. The lowest BCUT2D eigenvalue weighted by atomic mass is 10.0. The van der Waals surface area contributed by atoms with Crippen LogP contribution in [0.4, 0.5) is 0 Å². The van der Waals surface area contributed by atoms with Crippen molar-refractivity contribution < 1.29 is 13.9 Å². The number of furan rings is 1. The molecule has 1 fully saturated rings. The van der Waals surface area contributed by atoms with Crippen molar-refractivity contribution in [1.82, 2.24) is 4.90 Å². The lowest BCUT2D eigenvalue weighted by Gasteiger charge is -2.25. The highest BCUT2D eigenvalue weighted by atomic mass is 79.9. The van der Waals surface area contributed by atoms with E-state index in [1.807, 2.05) is 29.2 Å². The highest BCUT2D eigenvalue weighted by molar-refractivity contribution is 9.10. The number of hydrogen-bond acceptors (Lipinski definition) is 3. The van der Waals surface area contributed by atoms with Gasteiger partial charge in [-0.2, -0.15) is 0 Å². The molecule has 1 aliphatic heterocycles. The molecule has 1 aromatic heterocycles. The summed E-state index contributed by atoms with van der Waals surface area (Å²) in [6, 6.07) is 9.74. The first-order valence-electron chi connectivity index (χ1n) is 6.88. The number of amides is 1. The van der Waals surface area contributed by atoms with Crippen molar-refractivity contribution in [2.45, 2.75) is 18.9 Å². The molecule has 0 spiro atoms. The predicted octanol–water partition coefficient (Wildman–Crippen LogP) is 4.03. The molecule has 2 aromatic rings. The summed E-state index contributed by atoms with van der Waals surface area (Å²) >= 11 is 3.28. The zero-order valence-electron chi connectivity index (χ0n) is 11.7. The fraction of sp³-hybridized carbons (Fsp3) is 0.312. The number of rotatable bonds is 3. The van der Waals surface area contributed by atoms with E-state index in [9.17, 15) is 4.79 Å². The Labute approximate surface area is 131 Å². The van der Waals surface area contributed by atoms with Gasteiger partial charge in [-0.05, 0) is 52.5 Å². The van der Waals surface area contributed by atoms with Gasteiger partial charge >= 0.3 is 0 Å². The van der Waals surface area contributed by atoms with E-state index in [4.69, 9.17) is 9.15 Å². The van der Waals surface area contributed by atoms with Crippen LogP contribution in [0.5, 0.6) is 5.75 Å². The SMILES string of the molecule is COc1ccc(C2CCCN2C(=O)c2ccoc2Br)cc1. The number of carbonyl (C=O) groups is 1. The first-order valence-corrected chi connectivity index (χ1v) is 7.68. The van der Waals surface area contributed by atoms with E-state index >= 15 is 0 Å². The molecule has 1 atom stereocenters. The van der Waals surface area contributed by atoms with E-state index in [2.05, 4.69) is 15.9 Å². The smallest absolute Gasteiger partial charge is 0.258 e. The minimum absolute atomic E-state index is 0.00828. The largest absolute Gasteiger partial charge is 0.497 e. The van der Waals surface area contributed by atoms with Crippen LogP contribution >= 0.6 is 15.9 Å². The lowest BCUT2D eigenvalue weighted by molar-refractivity contribution is 0.0733. The maximum absolute atomic E-state index is 12.6. The molecule has 4 nitrogen and oxygen atoms in total. The molecule has 0 N–H and O–H groups in total. The van der Waals surface area contributed by atoms with Crippen molar-refractivity contribution in [2.75, 3.05) is 13.7 Å². The van der Waals surface area contributed by atoms with Crippen LogP contribution in [0.15, 0.2) is 45.7 Å². The molecule has 110 valence electrons. The van der Waals surface area contributed by atoms with E-state index < -0.39 is 0 Å². The Hall–Kier alpha value is -1.75. The fourth-order valence-corrected chi connectivity index (χ4v) is 3.19. The fourth-order valence-electron chi connectivity index (χ4n) is 2.78. The van der Waals surface area contributed by atoms with Gasteiger partial charge in [0.1, 0.15) is 5.75 Å². The number of benzene rings is 1. The zero-order valence-corrected chi connectivity index (χ0v) is 13.3. The second-order valence-corrected chi connectivity index (χ2v) is 5.76. The van der Waals surface area contributed by atoms with E-state index in [1.165, 1.54) is 6.26 Å². The quantitative estimate of drug-likeness (QED) is 0.840. The van der Waals surface area contributed by atoms with Crippen LogP contribution in [0.2, 0.25) is 0 Å². The monoisotopic (exact) mass is 349 g/mol. The Bertz CT molecular complexity index is 635. The lowest BCUT2D eigenvalue weighted by Crippen LogP contribution is -2.30. The highest BCUT2D eigenvalue weighted by Gasteiger charge is 2.32. The molecule has 1 aliphatic rings. The topological polar surface area (TPSA) is 42.7 Å². The Balaban J connectivity index is 1.85. The minimum Gasteiger partial charge on any atom is -0.497 e. The van der Waals surface area contributed by atoms with Crippen molar-refractivity contribution in [3.05, 3.63) is 52.4 Å². The molecule has 1 unspecified atom stereocenters. The molecule has 0 radical (unpaired) electrons. The highest BCUT2D eigenvalue weighted by Crippen LogP contribution is 2.35. The molecule has 1 amide bonds. The second-order valence-electron chi connectivity index (χ2n) is 5.04. The summed E-state index contributed by atoms with van der Waals surface area (Å²) in [7, 11) is 1.65. The standard InChI is InChI=1S/C16H16BrNO3/c1-20-12-6-4-11(5-7-12)14-3-2-9-18(14)16(19)13-8-10-21-15(13)17/h4-8,10,14H,2-3,9H2,1H3. The van der Waals surface area contributed by atoms with Gasteiger partial charge in [-0.3, -0.25) is 4.79 Å². The zero-order chi connectivity index (χ0) is 14.8.